The molecule has 8 heteroatoms. The molecule has 2 aliphatic heterocycles. The summed E-state index contributed by atoms with van der Waals surface area (Å²) in [6, 6.07) is 7.34. The summed E-state index contributed by atoms with van der Waals surface area (Å²) in [6.07, 6.45) is 1.52. The Morgan fingerprint density at radius 2 is 1.88 bits per heavy atom. The molecule has 178 valence electrons. The summed E-state index contributed by atoms with van der Waals surface area (Å²) in [4.78, 5) is 25.0. The Balaban J connectivity index is 1.38. The predicted octanol–water partition coefficient (Wildman–Crippen LogP) is 3.94. The van der Waals surface area contributed by atoms with E-state index in [1.165, 1.54) is 0 Å². The number of hydrogen-bond acceptors (Lipinski definition) is 7. The van der Waals surface area contributed by atoms with Gasteiger partial charge < -0.3 is 28.7 Å². The van der Waals surface area contributed by atoms with Crippen LogP contribution in [0.2, 0.25) is 0 Å². The molecule has 34 heavy (non-hydrogen) atoms. The number of carbonyl (C=O) groups is 1. The summed E-state index contributed by atoms with van der Waals surface area (Å²) >= 11 is 0. The third kappa shape index (κ3) is 4.04. The van der Waals surface area contributed by atoms with E-state index in [0.717, 1.165) is 29.5 Å². The second-order valence-corrected chi connectivity index (χ2v) is 9.31. The molecule has 2 aromatic carbocycles. The average molecular weight is 466 g/mol. The Morgan fingerprint density at radius 3 is 2.71 bits per heavy atom. The average Bonchev–Trinajstić information content (AvgIpc) is 3.26. The van der Waals surface area contributed by atoms with Crippen molar-refractivity contribution in [1.82, 2.24) is 5.32 Å². The number of aryl methyl sites for hydroxylation is 2. The summed E-state index contributed by atoms with van der Waals surface area (Å²) < 4.78 is 28.5. The number of fused-ring (bicyclic) bond motifs is 4. The fourth-order valence-corrected chi connectivity index (χ4v) is 4.29. The first kappa shape index (κ1) is 22.1. The van der Waals surface area contributed by atoms with Crippen LogP contribution in [0.25, 0.3) is 11.0 Å². The lowest BCUT2D eigenvalue weighted by Crippen LogP contribution is -2.33. The Labute approximate surface area is 196 Å². The van der Waals surface area contributed by atoms with E-state index in [1.54, 1.807) is 13.0 Å². The molecule has 3 heterocycles. The van der Waals surface area contributed by atoms with Crippen LogP contribution in [0.15, 0.2) is 33.5 Å². The van der Waals surface area contributed by atoms with Crippen molar-refractivity contribution in [3.05, 3.63) is 56.9 Å². The first-order valence-electron chi connectivity index (χ1n) is 11.3. The van der Waals surface area contributed by atoms with Gasteiger partial charge in [-0.25, -0.2) is 4.79 Å². The van der Waals surface area contributed by atoms with Crippen molar-refractivity contribution in [2.75, 3.05) is 13.4 Å². The van der Waals surface area contributed by atoms with Crippen molar-refractivity contribution in [3.63, 3.8) is 0 Å². The highest BCUT2D eigenvalue weighted by atomic mass is 16.7. The maximum absolute atomic E-state index is 12.6. The first-order valence-corrected chi connectivity index (χ1v) is 11.3. The molecule has 0 saturated carbocycles. The van der Waals surface area contributed by atoms with Gasteiger partial charge in [0.05, 0.1) is 5.39 Å². The minimum absolute atomic E-state index is 0.195. The van der Waals surface area contributed by atoms with Crippen LogP contribution in [-0.2, 0) is 17.8 Å². The van der Waals surface area contributed by atoms with Crippen molar-refractivity contribution in [2.45, 2.75) is 52.7 Å². The van der Waals surface area contributed by atoms with E-state index < -0.39 is 0 Å². The van der Waals surface area contributed by atoms with Crippen LogP contribution in [0.3, 0.4) is 0 Å². The topological polar surface area (TPSA) is 96.2 Å². The molecule has 3 aromatic rings. The molecule has 0 aliphatic carbocycles. The van der Waals surface area contributed by atoms with E-state index in [-0.39, 0.29) is 30.5 Å². The Kier molecular flexibility index (Phi) is 5.38. The fraction of sp³-hybridized carbons (Fsp3) is 0.385. The molecule has 5 rings (SSSR count). The first-order chi connectivity index (χ1) is 16.2. The second kappa shape index (κ2) is 8.27. The summed E-state index contributed by atoms with van der Waals surface area (Å²) in [6.45, 7) is 7.95. The van der Waals surface area contributed by atoms with E-state index in [9.17, 15) is 9.59 Å². The van der Waals surface area contributed by atoms with E-state index in [0.29, 0.717) is 46.1 Å². The van der Waals surface area contributed by atoms with Crippen LogP contribution in [0, 0.1) is 13.8 Å². The van der Waals surface area contributed by atoms with Gasteiger partial charge in [0.25, 0.3) is 5.91 Å². The molecule has 8 nitrogen and oxygen atoms in total. The zero-order valence-corrected chi connectivity index (χ0v) is 19.7. The number of amides is 1. The number of nitrogens with one attached hydrogen (secondary N) is 1. The largest absolute Gasteiger partial charge is 0.487 e. The van der Waals surface area contributed by atoms with Gasteiger partial charge in [-0.1, -0.05) is 6.07 Å². The van der Waals surface area contributed by atoms with Crippen LogP contribution < -0.4 is 29.9 Å². The fourth-order valence-electron chi connectivity index (χ4n) is 4.29. The molecule has 0 unspecified atom stereocenters. The third-order valence-electron chi connectivity index (χ3n) is 6.39. The molecular formula is C26H27NO7. The van der Waals surface area contributed by atoms with Gasteiger partial charge >= 0.3 is 5.63 Å². The minimum atomic E-state index is -0.379. The second-order valence-electron chi connectivity index (χ2n) is 9.31. The molecule has 2 aliphatic rings. The number of ether oxygens (including phenoxy) is 4. The van der Waals surface area contributed by atoms with Crippen LogP contribution >= 0.6 is 0 Å². The van der Waals surface area contributed by atoms with E-state index in [1.807, 2.05) is 39.0 Å². The highest BCUT2D eigenvalue weighted by Gasteiger charge is 2.31. The highest BCUT2D eigenvalue weighted by molar-refractivity contribution is 5.92. The normalized spacial score (nSPS) is 15.5. The third-order valence-corrected chi connectivity index (χ3v) is 6.39. The van der Waals surface area contributed by atoms with Gasteiger partial charge in [0.15, 0.2) is 18.1 Å². The van der Waals surface area contributed by atoms with Crippen molar-refractivity contribution >= 4 is 16.9 Å². The van der Waals surface area contributed by atoms with Crippen LogP contribution in [0.1, 0.15) is 42.5 Å². The molecule has 0 atom stereocenters. The number of rotatable bonds is 5. The zero-order chi connectivity index (χ0) is 24.0. The SMILES string of the molecule is Cc1c(C)c2c(OCC(=O)NCc3ccc4c(c3)OCO4)cc3c(c2oc1=O)CCC(C)(C)O3. The standard InChI is InChI=1S/C26H27NO7/c1-14-15(2)25(29)33-24-17-7-8-26(3,4)34-19(17)10-21(23(14)24)30-12-22(28)27-11-16-5-6-18-20(9-16)32-13-31-18/h5-6,9-10H,7-8,11-13H2,1-4H3,(H,27,28). The zero-order valence-electron chi connectivity index (χ0n) is 19.7. The lowest BCUT2D eigenvalue weighted by Gasteiger charge is -2.33. The van der Waals surface area contributed by atoms with Crippen molar-refractivity contribution in [1.29, 1.82) is 0 Å². The van der Waals surface area contributed by atoms with E-state index >= 15 is 0 Å². The molecule has 1 amide bonds. The van der Waals surface area contributed by atoms with Gasteiger partial charge in [-0.3, -0.25) is 4.79 Å². The van der Waals surface area contributed by atoms with Crippen LogP contribution in [0.4, 0.5) is 0 Å². The van der Waals surface area contributed by atoms with Gasteiger partial charge in [-0.05, 0) is 63.8 Å². The highest BCUT2D eigenvalue weighted by Crippen LogP contribution is 2.43. The maximum Gasteiger partial charge on any atom is 0.339 e. The minimum Gasteiger partial charge on any atom is -0.487 e. The molecular weight excluding hydrogens is 438 g/mol. The maximum atomic E-state index is 12.6. The monoisotopic (exact) mass is 465 g/mol. The molecule has 0 spiro atoms. The molecule has 0 radical (unpaired) electrons. The molecule has 0 bridgehead atoms. The van der Waals surface area contributed by atoms with E-state index in [4.69, 9.17) is 23.4 Å². The summed E-state index contributed by atoms with van der Waals surface area (Å²) in [5, 5.41) is 3.55. The van der Waals surface area contributed by atoms with Gasteiger partial charge in [0.1, 0.15) is 22.7 Å². The number of carbonyl (C=O) groups excluding carboxylic acids is 1. The summed E-state index contributed by atoms with van der Waals surface area (Å²) in [7, 11) is 0. The lowest BCUT2D eigenvalue weighted by molar-refractivity contribution is -0.123. The van der Waals surface area contributed by atoms with Crippen molar-refractivity contribution in [3.8, 4) is 23.0 Å². The molecule has 0 saturated heterocycles. The van der Waals surface area contributed by atoms with Crippen molar-refractivity contribution < 1.29 is 28.2 Å². The van der Waals surface area contributed by atoms with Gasteiger partial charge in [0.2, 0.25) is 6.79 Å². The van der Waals surface area contributed by atoms with Gasteiger partial charge in [0, 0.05) is 23.7 Å². The lowest BCUT2D eigenvalue weighted by atomic mass is 9.92. The number of hydrogen-bond donors (Lipinski definition) is 1. The molecule has 1 N–H and O–H groups in total. The molecule has 0 fully saturated rings. The Hall–Kier alpha value is -3.68. The van der Waals surface area contributed by atoms with Crippen LogP contribution in [-0.4, -0.2) is 24.9 Å². The van der Waals surface area contributed by atoms with E-state index in [2.05, 4.69) is 5.32 Å². The van der Waals surface area contributed by atoms with Gasteiger partial charge in [-0.2, -0.15) is 0 Å². The quantitative estimate of drug-likeness (QED) is 0.570. The molecule has 1 aromatic heterocycles. The predicted molar refractivity (Wildman–Crippen MR) is 125 cm³/mol. The summed E-state index contributed by atoms with van der Waals surface area (Å²) in [5.74, 6) is 2.15. The summed E-state index contributed by atoms with van der Waals surface area (Å²) in [5.41, 5.74) is 2.78. The number of benzene rings is 2. The van der Waals surface area contributed by atoms with Gasteiger partial charge in [-0.15, -0.1) is 0 Å². The van der Waals surface area contributed by atoms with Crippen LogP contribution in [0.5, 0.6) is 23.0 Å². The Bertz CT molecular complexity index is 1360. The Morgan fingerprint density at radius 1 is 1.09 bits per heavy atom. The smallest absolute Gasteiger partial charge is 0.339 e. The van der Waals surface area contributed by atoms with Crippen molar-refractivity contribution in [2.24, 2.45) is 0 Å².